The number of hydrogen-bond donors (Lipinski definition) is 1. The van der Waals surface area contributed by atoms with E-state index in [1.807, 2.05) is 24.8 Å². The van der Waals surface area contributed by atoms with Crippen molar-refractivity contribution in [2.75, 3.05) is 39.4 Å². The van der Waals surface area contributed by atoms with E-state index in [0.717, 1.165) is 57.6 Å². The Hall–Kier alpha value is -1.44. The first-order chi connectivity index (χ1) is 12.6. The number of ether oxygens (including phenoxy) is 1. The Morgan fingerprint density at radius 1 is 1.23 bits per heavy atom. The first-order valence-corrected chi connectivity index (χ1v) is 9.92. The third-order valence-electron chi connectivity index (χ3n) is 5.54. The van der Waals surface area contributed by atoms with Gasteiger partial charge in [0, 0.05) is 38.8 Å². The summed E-state index contributed by atoms with van der Waals surface area (Å²) in [5.74, 6) is 0.0783. The highest BCUT2D eigenvalue weighted by Gasteiger charge is 2.30. The van der Waals surface area contributed by atoms with Gasteiger partial charge in [-0.1, -0.05) is 0 Å². The van der Waals surface area contributed by atoms with Crippen LogP contribution in [-0.4, -0.2) is 82.1 Å². The zero-order valence-corrected chi connectivity index (χ0v) is 16.1. The van der Waals surface area contributed by atoms with Crippen LogP contribution in [0, 0.1) is 6.92 Å². The summed E-state index contributed by atoms with van der Waals surface area (Å²) in [7, 11) is 0. The van der Waals surface area contributed by atoms with E-state index in [0.29, 0.717) is 31.5 Å². The average Bonchev–Trinajstić information content (AvgIpc) is 3.03. The van der Waals surface area contributed by atoms with Crippen LogP contribution in [0.25, 0.3) is 0 Å². The predicted molar refractivity (Wildman–Crippen MR) is 99.2 cm³/mol. The van der Waals surface area contributed by atoms with Crippen molar-refractivity contribution >= 4 is 5.91 Å². The lowest BCUT2D eigenvalue weighted by Crippen LogP contribution is -2.49. The molecule has 0 aliphatic carbocycles. The highest BCUT2D eigenvalue weighted by atomic mass is 16.5. The van der Waals surface area contributed by atoms with Gasteiger partial charge in [-0.3, -0.25) is 9.48 Å². The summed E-state index contributed by atoms with van der Waals surface area (Å²) in [4.78, 5) is 17.4. The molecule has 0 spiro atoms. The number of amides is 1. The Bertz CT molecular complexity index is 588. The minimum absolute atomic E-state index is 0.0783. The number of likely N-dealkylation sites (tertiary alicyclic amines) is 2. The van der Waals surface area contributed by atoms with Crippen molar-refractivity contribution in [2.45, 2.75) is 58.2 Å². The highest BCUT2D eigenvalue weighted by molar-refractivity contribution is 5.92. The summed E-state index contributed by atoms with van der Waals surface area (Å²) in [5, 5.41) is 14.1. The number of carbonyl (C=O) groups is 1. The second-order valence-corrected chi connectivity index (χ2v) is 7.38. The predicted octanol–water partition coefficient (Wildman–Crippen LogP) is 1.29. The van der Waals surface area contributed by atoms with Gasteiger partial charge in [0.2, 0.25) is 0 Å². The lowest BCUT2D eigenvalue weighted by Gasteiger charge is -2.41. The fourth-order valence-corrected chi connectivity index (χ4v) is 4.03. The molecule has 0 saturated carbocycles. The standard InChI is InChI=1S/C19H32N4O3/c1-3-26-13-12-23-18(14-15(2)20-23)19(25)22-8-4-16(5-9-22)21-10-6-17(24)7-11-21/h14,16-17,24H,3-13H2,1-2H3. The first kappa shape index (κ1) is 19.3. The van der Waals surface area contributed by atoms with E-state index in [2.05, 4.69) is 10.00 Å². The van der Waals surface area contributed by atoms with Gasteiger partial charge in [0.1, 0.15) is 5.69 Å². The molecule has 1 amide bonds. The number of aryl methyl sites for hydroxylation is 1. The number of aromatic nitrogens is 2. The zero-order chi connectivity index (χ0) is 18.5. The molecule has 0 atom stereocenters. The number of piperidine rings is 2. The van der Waals surface area contributed by atoms with Crippen LogP contribution in [-0.2, 0) is 11.3 Å². The Morgan fingerprint density at radius 2 is 1.92 bits per heavy atom. The Kier molecular flexibility index (Phi) is 6.67. The minimum atomic E-state index is -0.131. The molecule has 1 aromatic heterocycles. The molecule has 146 valence electrons. The van der Waals surface area contributed by atoms with Crippen LogP contribution in [0.2, 0.25) is 0 Å². The molecule has 1 N–H and O–H groups in total. The van der Waals surface area contributed by atoms with E-state index in [4.69, 9.17) is 4.74 Å². The second-order valence-electron chi connectivity index (χ2n) is 7.38. The van der Waals surface area contributed by atoms with Crippen molar-refractivity contribution in [1.82, 2.24) is 19.6 Å². The summed E-state index contributed by atoms with van der Waals surface area (Å²) in [5.41, 5.74) is 1.54. The quantitative estimate of drug-likeness (QED) is 0.770. The molecular weight excluding hydrogens is 332 g/mol. The zero-order valence-electron chi connectivity index (χ0n) is 16.1. The molecule has 7 heteroatoms. The molecule has 26 heavy (non-hydrogen) atoms. The average molecular weight is 364 g/mol. The molecule has 0 aromatic carbocycles. The fraction of sp³-hybridized carbons (Fsp3) is 0.789. The van der Waals surface area contributed by atoms with Gasteiger partial charge >= 0.3 is 0 Å². The van der Waals surface area contributed by atoms with Gasteiger partial charge in [-0.25, -0.2) is 0 Å². The topological polar surface area (TPSA) is 70.8 Å². The van der Waals surface area contributed by atoms with Gasteiger partial charge < -0.3 is 19.6 Å². The van der Waals surface area contributed by atoms with Gasteiger partial charge in [-0.2, -0.15) is 5.10 Å². The molecule has 2 saturated heterocycles. The van der Waals surface area contributed by atoms with Crippen molar-refractivity contribution in [3.8, 4) is 0 Å². The summed E-state index contributed by atoms with van der Waals surface area (Å²) in [6.45, 7) is 9.27. The van der Waals surface area contributed by atoms with E-state index >= 15 is 0 Å². The number of hydrogen-bond acceptors (Lipinski definition) is 5. The van der Waals surface area contributed by atoms with Crippen LogP contribution in [0.3, 0.4) is 0 Å². The van der Waals surface area contributed by atoms with E-state index in [-0.39, 0.29) is 12.0 Å². The lowest BCUT2D eigenvalue weighted by molar-refractivity contribution is 0.0352. The van der Waals surface area contributed by atoms with Crippen LogP contribution in [0.1, 0.15) is 48.8 Å². The Balaban J connectivity index is 1.55. The lowest BCUT2D eigenvalue weighted by atomic mass is 9.99. The Labute approximate surface area is 155 Å². The summed E-state index contributed by atoms with van der Waals surface area (Å²) in [6.07, 6.45) is 3.63. The van der Waals surface area contributed by atoms with Crippen LogP contribution in [0.4, 0.5) is 0 Å². The number of aliphatic hydroxyl groups excluding tert-OH is 1. The van der Waals surface area contributed by atoms with E-state index < -0.39 is 0 Å². The molecule has 0 bridgehead atoms. The van der Waals surface area contributed by atoms with Gasteiger partial charge in [-0.15, -0.1) is 0 Å². The van der Waals surface area contributed by atoms with Crippen LogP contribution in [0.15, 0.2) is 6.07 Å². The molecule has 0 radical (unpaired) electrons. The van der Waals surface area contributed by atoms with Crippen molar-refractivity contribution in [3.05, 3.63) is 17.5 Å². The molecule has 1 aromatic rings. The maximum Gasteiger partial charge on any atom is 0.272 e. The molecule has 3 heterocycles. The minimum Gasteiger partial charge on any atom is -0.393 e. The van der Waals surface area contributed by atoms with Crippen LogP contribution >= 0.6 is 0 Å². The summed E-state index contributed by atoms with van der Waals surface area (Å²) >= 11 is 0. The van der Waals surface area contributed by atoms with Gasteiger partial charge in [-0.05, 0) is 45.6 Å². The molecule has 2 aliphatic rings. The fourth-order valence-electron chi connectivity index (χ4n) is 4.03. The van der Waals surface area contributed by atoms with Crippen LogP contribution in [0.5, 0.6) is 0 Å². The third-order valence-corrected chi connectivity index (χ3v) is 5.54. The maximum atomic E-state index is 13.0. The summed E-state index contributed by atoms with van der Waals surface area (Å²) in [6, 6.07) is 2.42. The normalized spacial score (nSPS) is 20.7. The maximum absolute atomic E-state index is 13.0. The number of nitrogens with zero attached hydrogens (tertiary/aromatic N) is 4. The molecular formula is C19H32N4O3. The van der Waals surface area contributed by atoms with Crippen molar-refractivity contribution in [3.63, 3.8) is 0 Å². The second kappa shape index (κ2) is 8.97. The number of aliphatic hydroxyl groups is 1. The Morgan fingerprint density at radius 3 is 2.58 bits per heavy atom. The molecule has 0 unspecified atom stereocenters. The summed E-state index contributed by atoms with van der Waals surface area (Å²) < 4.78 is 7.19. The van der Waals surface area contributed by atoms with Gasteiger partial charge in [0.25, 0.3) is 5.91 Å². The van der Waals surface area contributed by atoms with Gasteiger partial charge in [0.05, 0.1) is 24.9 Å². The largest absolute Gasteiger partial charge is 0.393 e. The van der Waals surface area contributed by atoms with E-state index in [1.54, 1.807) is 4.68 Å². The van der Waals surface area contributed by atoms with Crippen LogP contribution < -0.4 is 0 Å². The van der Waals surface area contributed by atoms with E-state index in [1.165, 1.54) is 0 Å². The number of rotatable bonds is 6. The molecule has 2 fully saturated rings. The number of carbonyl (C=O) groups excluding carboxylic acids is 1. The SMILES string of the molecule is CCOCCn1nc(C)cc1C(=O)N1CCC(N2CCC(O)CC2)CC1. The van der Waals surface area contributed by atoms with Crippen molar-refractivity contribution < 1.29 is 14.6 Å². The third kappa shape index (κ3) is 4.64. The van der Waals surface area contributed by atoms with Gasteiger partial charge in [0.15, 0.2) is 0 Å². The van der Waals surface area contributed by atoms with E-state index in [9.17, 15) is 9.90 Å². The van der Waals surface area contributed by atoms with Crippen molar-refractivity contribution in [1.29, 1.82) is 0 Å². The highest BCUT2D eigenvalue weighted by Crippen LogP contribution is 2.22. The smallest absolute Gasteiger partial charge is 0.272 e. The molecule has 7 nitrogen and oxygen atoms in total. The molecule has 3 rings (SSSR count). The molecule has 2 aliphatic heterocycles. The first-order valence-electron chi connectivity index (χ1n) is 9.92. The monoisotopic (exact) mass is 364 g/mol. The van der Waals surface area contributed by atoms with Crippen molar-refractivity contribution in [2.24, 2.45) is 0 Å².